The van der Waals surface area contributed by atoms with Crippen LogP contribution in [0, 0.1) is 0 Å². The Labute approximate surface area is 190 Å². The maximum absolute atomic E-state index is 12.5. The standard InChI is InChI=1S/C22H24ClN5O2.ClH/c23-15-6-7-20-18(14-15)25-22(30)28(20)16-8-12-26(13-9-16)10-3-11-27-19-5-2-1-4-17(19)24-21(27)29;/h1-2,4-7,14,16H,3,8-13H2,(H,24,29)(H,25,30);1H. The third kappa shape index (κ3) is 4.18. The molecule has 0 unspecified atom stereocenters. The Hall–Kier alpha value is -2.48. The molecule has 0 saturated carbocycles. The van der Waals surface area contributed by atoms with Gasteiger partial charge in [-0.1, -0.05) is 23.7 Å². The molecule has 0 amide bonds. The molecular formula is C22H25Cl2N5O2. The number of hydrogen-bond acceptors (Lipinski definition) is 3. The lowest BCUT2D eigenvalue weighted by Gasteiger charge is -2.32. The van der Waals surface area contributed by atoms with E-state index in [1.165, 1.54) is 0 Å². The van der Waals surface area contributed by atoms with Gasteiger partial charge in [-0.05, 0) is 56.1 Å². The topological polar surface area (TPSA) is 78.8 Å². The molecule has 1 fully saturated rings. The molecule has 0 spiro atoms. The largest absolute Gasteiger partial charge is 0.326 e. The SMILES string of the molecule is Cl.O=c1[nH]c2ccccc2n1CCCN1CCC(n2c(=O)[nH]c3cc(Cl)ccc32)CC1. The van der Waals surface area contributed by atoms with Crippen molar-refractivity contribution >= 4 is 46.1 Å². The van der Waals surface area contributed by atoms with Crippen LogP contribution >= 0.6 is 24.0 Å². The van der Waals surface area contributed by atoms with Crippen molar-refractivity contribution in [3.8, 4) is 0 Å². The summed E-state index contributed by atoms with van der Waals surface area (Å²) in [6.07, 6.45) is 2.78. The number of fused-ring (bicyclic) bond motifs is 2. The van der Waals surface area contributed by atoms with Gasteiger partial charge in [-0.25, -0.2) is 9.59 Å². The molecular weight excluding hydrogens is 437 g/mol. The number of aromatic nitrogens is 4. The van der Waals surface area contributed by atoms with Crippen molar-refractivity contribution in [2.45, 2.75) is 31.8 Å². The predicted molar refractivity (Wildman–Crippen MR) is 127 cm³/mol. The molecule has 2 N–H and O–H groups in total. The van der Waals surface area contributed by atoms with E-state index in [1.807, 2.05) is 45.5 Å². The number of aromatic amines is 2. The third-order valence-electron chi connectivity index (χ3n) is 6.14. The first kappa shape index (κ1) is 21.7. The molecule has 0 atom stereocenters. The minimum Gasteiger partial charge on any atom is -0.306 e. The van der Waals surface area contributed by atoms with Gasteiger partial charge >= 0.3 is 11.4 Å². The van der Waals surface area contributed by atoms with E-state index in [0.717, 1.165) is 61.0 Å². The van der Waals surface area contributed by atoms with Crippen LogP contribution in [0.15, 0.2) is 52.1 Å². The normalized spacial score (nSPS) is 15.5. The van der Waals surface area contributed by atoms with Crippen LogP contribution in [0.2, 0.25) is 5.02 Å². The molecule has 7 nitrogen and oxygen atoms in total. The lowest BCUT2D eigenvalue weighted by atomic mass is 10.0. The summed E-state index contributed by atoms with van der Waals surface area (Å²) in [5.74, 6) is 0. The number of likely N-dealkylation sites (tertiary alicyclic amines) is 1. The van der Waals surface area contributed by atoms with Gasteiger partial charge in [0.15, 0.2) is 0 Å². The number of hydrogen-bond donors (Lipinski definition) is 2. The number of nitrogens with one attached hydrogen (secondary N) is 2. The van der Waals surface area contributed by atoms with E-state index in [-0.39, 0.29) is 29.8 Å². The van der Waals surface area contributed by atoms with Gasteiger partial charge < -0.3 is 14.9 Å². The minimum atomic E-state index is -0.0653. The van der Waals surface area contributed by atoms with E-state index >= 15 is 0 Å². The number of nitrogens with zero attached hydrogens (tertiary/aromatic N) is 3. The van der Waals surface area contributed by atoms with E-state index in [2.05, 4.69) is 14.9 Å². The van der Waals surface area contributed by atoms with Crippen molar-refractivity contribution in [2.24, 2.45) is 0 Å². The lowest BCUT2D eigenvalue weighted by molar-refractivity contribution is 0.183. The molecule has 1 saturated heterocycles. The second kappa shape index (κ2) is 8.94. The van der Waals surface area contributed by atoms with Gasteiger partial charge in [0.2, 0.25) is 0 Å². The maximum Gasteiger partial charge on any atom is 0.326 e. The van der Waals surface area contributed by atoms with Crippen molar-refractivity contribution in [3.05, 3.63) is 68.5 Å². The molecule has 0 aliphatic carbocycles. The van der Waals surface area contributed by atoms with Gasteiger partial charge in [0.1, 0.15) is 0 Å². The highest BCUT2D eigenvalue weighted by molar-refractivity contribution is 6.31. The first-order chi connectivity index (χ1) is 14.6. The summed E-state index contributed by atoms with van der Waals surface area (Å²) in [6.45, 7) is 3.53. The van der Waals surface area contributed by atoms with Crippen LogP contribution < -0.4 is 11.4 Å². The fourth-order valence-electron chi connectivity index (χ4n) is 4.65. The molecule has 1 aliphatic rings. The third-order valence-corrected chi connectivity index (χ3v) is 6.37. The Kier molecular flexibility index (Phi) is 6.27. The summed E-state index contributed by atoms with van der Waals surface area (Å²) in [4.78, 5) is 32.9. The van der Waals surface area contributed by atoms with Crippen molar-refractivity contribution in [1.29, 1.82) is 0 Å². The van der Waals surface area contributed by atoms with Gasteiger partial charge in [-0.15, -0.1) is 12.4 Å². The van der Waals surface area contributed by atoms with Gasteiger partial charge in [0.25, 0.3) is 0 Å². The summed E-state index contributed by atoms with van der Waals surface area (Å²) in [5.41, 5.74) is 3.44. The van der Waals surface area contributed by atoms with E-state index in [9.17, 15) is 9.59 Å². The van der Waals surface area contributed by atoms with Gasteiger partial charge in [0, 0.05) is 30.7 Å². The van der Waals surface area contributed by atoms with Crippen LogP contribution in [0.4, 0.5) is 0 Å². The number of benzene rings is 2. The molecule has 164 valence electrons. The molecule has 4 aromatic rings. The van der Waals surface area contributed by atoms with Crippen molar-refractivity contribution in [2.75, 3.05) is 19.6 Å². The van der Waals surface area contributed by atoms with Crippen LogP contribution in [-0.4, -0.2) is 43.6 Å². The number of H-pyrrole nitrogens is 2. The summed E-state index contributed by atoms with van der Waals surface area (Å²) in [6, 6.07) is 13.5. The Bertz CT molecular complexity index is 1310. The molecule has 5 rings (SSSR count). The number of halogens is 2. The second-order valence-electron chi connectivity index (χ2n) is 7.99. The lowest BCUT2D eigenvalue weighted by Crippen LogP contribution is -2.37. The van der Waals surface area contributed by atoms with Crippen LogP contribution in [0.1, 0.15) is 25.3 Å². The van der Waals surface area contributed by atoms with Crippen molar-refractivity contribution in [1.82, 2.24) is 24.0 Å². The highest BCUT2D eigenvalue weighted by atomic mass is 35.5. The van der Waals surface area contributed by atoms with Crippen LogP contribution in [0.25, 0.3) is 22.1 Å². The number of imidazole rings is 2. The molecule has 0 radical (unpaired) electrons. The number of piperidine rings is 1. The Balaban J connectivity index is 0.00000231. The molecule has 1 aliphatic heterocycles. The first-order valence-corrected chi connectivity index (χ1v) is 10.8. The summed E-state index contributed by atoms with van der Waals surface area (Å²) < 4.78 is 3.70. The Morgan fingerprint density at radius 2 is 1.65 bits per heavy atom. The minimum absolute atomic E-state index is 0. The monoisotopic (exact) mass is 461 g/mol. The predicted octanol–water partition coefficient (Wildman–Crippen LogP) is 3.78. The van der Waals surface area contributed by atoms with E-state index < -0.39 is 0 Å². The van der Waals surface area contributed by atoms with E-state index in [1.54, 1.807) is 6.07 Å². The quantitative estimate of drug-likeness (QED) is 0.474. The Morgan fingerprint density at radius 3 is 2.45 bits per heavy atom. The number of para-hydroxylation sites is 2. The molecule has 0 bridgehead atoms. The molecule has 2 aromatic carbocycles. The molecule has 9 heteroatoms. The first-order valence-electron chi connectivity index (χ1n) is 10.4. The zero-order chi connectivity index (χ0) is 20.7. The van der Waals surface area contributed by atoms with Crippen LogP contribution in [-0.2, 0) is 6.54 Å². The van der Waals surface area contributed by atoms with Gasteiger partial charge in [-0.2, -0.15) is 0 Å². The second-order valence-corrected chi connectivity index (χ2v) is 8.42. The maximum atomic E-state index is 12.5. The van der Waals surface area contributed by atoms with Gasteiger partial charge in [0.05, 0.1) is 22.1 Å². The summed E-state index contributed by atoms with van der Waals surface area (Å²) in [7, 11) is 0. The zero-order valence-corrected chi connectivity index (χ0v) is 18.6. The van der Waals surface area contributed by atoms with Crippen LogP contribution in [0.3, 0.4) is 0 Å². The van der Waals surface area contributed by atoms with E-state index in [4.69, 9.17) is 11.6 Å². The molecule has 31 heavy (non-hydrogen) atoms. The zero-order valence-electron chi connectivity index (χ0n) is 17.0. The summed E-state index contributed by atoms with van der Waals surface area (Å²) >= 11 is 6.05. The van der Waals surface area contributed by atoms with Crippen LogP contribution in [0.5, 0.6) is 0 Å². The summed E-state index contributed by atoms with van der Waals surface area (Å²) in [5, 5.41) is 0.625. The fourth-order valence-corrected chi connectivity index (χ4v) is 4.82. The average molecular weight is 462 g/mol. The number of aryl methyl sites for hydroxylation is 1. The Morgan fingerprint density at radius 1 is 0.903 bits per heavy atom. The number of rotatable bonds is 5. The van der Waals surface area contributed by atoms with Crippen molar-refractivity contribution in [3.63, 3.8) is 0 Å². The smallest absolute Gasteiger partial charge is 0.306 e. The van der Waals surface area contributed by atoms with Crippen molar-refractivity contribution < 1.29 is 0 Å². The average Bonchev–Trinajstić information content (AvgIpc) is 3.23. The van der Waals surface area contributed by atoms with E-state index in [0.29, 0.717) is 11.6 Å². The highest BCUT2D eigenvalue weighted by Crippen LogP contribution is 2.26. The molecule has 3 heterocycles. The fraction of sp³-hybridized carbons (Fsp3) is 0.364. The highest BCUT2D eigenvalue weighted by Gasteiger charge is 2.23. The van der Waals surface area contributed by atoms with Gasteiger partial charge in [-0.3, -0.25) is 9.13 Å². The molecule has 2 aromatic heterocycles.